The van der Waals surface area contributed by atoms with E-state index in [1.807, 2.05) is 0 Å². The predicted octanol–water partition coefficient (Wildman–Crippen LogP) is 4.25. The van der Waals surface area contributed by atoms with Crippen molar-refractivity contribution in [1.29, 1.82) is 0 Å². The topological polar surface area (TPSA) is 48.0 Å². The van der Waals surface area contributed by atoms with Crippen molar-refractivity contribution in [2.75, 3.05) is 0 Å². The summed E-state index contributed by atoms with van der Waals surface area (Å²) < 4.78 is 6.80. The van der Waals surface area contributed by atoms with Gasteiger partial charge in [0.15, 0.2) is 12.0 Å². The highest BCUT2D eigenvalue weighted by molar-refractivity contribution is 6.35. The van der Waals surface area contributed by atoms with Crippen molar-refractivity contribution in [3.8, 4) is 17.1 Å². The predicted molar refractivity (Wildman–Crippen MR) is 76.7 cm³/mol. The molecule has 0 N–H and O–H groups in total. The third-order valence-corrected chi connectivity index (χ3v) is 3.32. The van der Waals surface area contributed by atoms with Crippen LogP contribution in [0.5, 0.6) is 0 Å². The highest BCUT2D eigenvalue weighted by Gasteiger charge is 2.15. The van der Waals surface area contributed by atoms with E-state index in [4.69, 9.17) is 27.6 Å². The first-order valence-corrected chi connectivity index (χ1v) is 6.49. The van der Waals surface area contributed by atoms with Gasteiger partial charge in [-0.25, -0.2) is 4.68 Å². The van der Waals surface area contributed by atoms with Crippen LogP contribution in [0.1, 0.15) is 10.4 Å². The van der Waals surface area contributed by atoms with Crippen molar-refractivity contribution in [2.45, 2.75) is 0 Å². The van der Waals surface area contributed by atoms with Gasteiger partial charge in [0.05, 0.1) is 22.5 Å². The number of hydrogen-bond donors (Lipinski definition) is 0. The van der Waals surface area contributed by atoms with Crippen molar-refractivity contribution in [2.24, 2.45) is 0 Å². The van der Waals surface area contributed by atoms with Gasteiger partial charge in [-0.2, -0.15) is 5.10 Å². The number of benzene rings is 1. The maximum atomic E-state index is 11.2. The maximum Gasteiger partial charge on any atom is 0.154 e. The summed E-state index contributed by atoms with van der Waals surface area (Å²) in [5, 5.41) is 5.33. The number of furan rings is 1. The molecule has 0 atom stereocenters. The van der Waals surface area contributed by atoms with E-state index < -0.39 is 0 Å². The van der Waals surface area contributed by atoms with Gasteiger partial charge in [-0.3, -0.25) is 4.79 Å². The fourth-order valence-electron chi connectivity index (χ4n) is 1.87. The first-order chi connectivity index (χ1) is 9.69. The van der Waals surface area contributed by atoms with Crippen LogP contribution in [-0.4, -0.2) is 16.1 Å². The van der Waals surface area contributed by atoms with Crippen LogP contribution in [0.2, 0.25) is 10.0 Å². The fraction of sp³-hybridized carbons (Fsp3) is 0. The summed E-state index contributed by atoms with van der Waals surface area (Å²) in [5.74, 6) is 0.524. The van der Waals surface area contributed by atoms with Crippen LogP contribution >= 0.6 is 23.2 Å². The van der Waals surface area contributed by atoms with E-state index >= 15 is 0 Å². The van der Waals surface area contributed by atoms with Gasteiger partial charge in [-0.05, 0) is 30.3 Å². The number of aromatic nitrogens is 2. The molecule has 100 valence electrons. The molecule has 0 bridgehead atoms. The Morgan fingerprint density at radius 2 is 2.10 bits per heavy atom. The van der Waals surface area contributed by atoms with Gasteiger partial charge < -0.3 is 4.42 Å². The molecule has 0 saturated carbocycles. The molecule has 0 amide bonds. The maximum absolute atomic E-state index is 11.2. The zero-order valence-electron chi connectivity index (χ0n) is 10.1. The van der Waals surface area contributed by atoms with Crippen LogP contribution in [0.15, 0.2) is 47.2 Å². The number of hydrogen-bond acceptors (Lipinski definition) is 3. The molecule has 3 rings (SSSR count). The smallest absolute Gasteiger partial charge is 0.154 e. The second kappa shape index (κ2) is 5.15. The third-order valence-electron chi connectivity index (χ3n) is 2.78. The highest BCUT2D eigenvalue weighted by atomic mass is 35.5. The standard InChI is InChI=1S/C14H8Cl2N2O2/c15-10-3-4-12(11(16)6-10)18-7-9(8-19)14(17-18)13-2-1-5-20-13/h1-8H. The summed E-state index contributed by atoms with van der Waals surface area (Å²) in [7, 11) is 0. The molecular weight excluding hydrogens is 299 g/mol. The van der Waals surface area contributed by atoms with Gasteiger partial charge in [0.25, 0.3) is 0 Å². The molecule has 6 heteroatoms. The molecule has 0 fully saturated rings. The van der Waals surface area contributed by atoms with Gasteiger partial charge in [-0.15, -0.1) is 0 Å². The molecule has 1 aromatic carbocycles. The van der Waals surface area contributed by atoms with Gasteiger partial charge in [0.2, 0.25) is 0 Å². The summed E-state index contributed by atoms with van der Waals surface area (Å²) in [6, 6.07) is 8.53. The minimum Gasteiger partial charge on any atom is -0.463 e. The van der Waals surface area contributed by atoms with Crippen molar-refractivity contribution < 1.29 is 9.21 Å². The zero-order chi connectivity index (χ0) is 14.1. The quantitative estimate of drug-likeness (QED) is 0.680. The summed E-state index contributed by atoms with van der Waals surface area (Å²) >= 11 is 12.0. The Bertz CT molecular complexity index is 764. The van der Waals surface area contributed by atoms with Gasteiger partial charge >= 0.3 is 0 Å². The lowest BCUT2D eigenvalue weighted by Gasteiger charge is -2.04. The van der Waals surface area contributed by atoms with E-state index in [9.17, 15) is 4.79 Å². The second-order valence-corrected chi connectivity index (χ2v) is 4.91. The van der Waals surface area contributed by atoms with Crippen LogP contribution in [0.3, 0.4) is 0 Å². The monoisotopic (exact) mass is 306 g/mol. The number of nitrogens with zero attached hydrogens (tertiary/aromatic N) is 2. The summed E-state index contributed by atoms with van der Waals surface area (Å²) in [6.45, 7) is 0. The average Bonchev–Trinajstić information content (AvgIpc) is 3.07. The lowest BCUT2D eigenvalue weighted by Crippen LogP contribution is -1.95. The molecule has 0 radical (unpaired) electrons. The number of halogens is 2. The Morgan fingerprint density at radius 3 is 2.75 bits per heavy atom. The Balaban J connectivity index is 2.14. The molecule has 2 heterocycles. The number of rotatable bonds is 3. The minimum absolute atomic E-state index is 0.422. The first-order valence-electron chi connectivity index (χ1n) is 5.73. The van der Waals surface area contributed by atoms with Crippen molar-refractivity contribution in [3.63, 3.8) is 0 Å². The Morgan fingerprint density at radius 1 is 1.25 bits per heavy atom. The Hall–Kier alpha value is -2.04. The summed E-state index contributed by atoms with van der Waals surface area (Å²) in [5.41, 5.74) is 1.53. The molecule has 2 aromatic heterocycles. The zero-order valence-corrected chi connectivity index (χ0v) is 11.6. The molecule has 20 heavy (non-hydrogen) atoms. The van der Waals surface area contributed by atoms with Crippen molar-refractivity contribution in [3.05, 3.63) is 58.4 Å². The fourth-order valence-corrected chi connectivity index (χ4v) is 2.36. The van der Waals surface area contributed by atoms with Crippen LogP contribution in [-0.2, 0) is 0 Å². The SMILES string of the molecule is O=Cc1cn(-c2ccc(Cl)cc2Cl)nc1-c1ccco1. The summed E-state index contributed by atoms with van der Waals surface area (Å²) in [6.07, 6.45) is 3.85. The van der Waals surface area contributed by atoms with E-state index in [1.165, 1.54) is 10.9 Å². The van der Waals surface area contributed by atoms with E-state index in [0.717, 1.165) is 6.29 Å². The molecule has 0 aliphatic rings. The number of carbonyl (C=O) groups excluding carboxylic acids is 1. The van der Waals surface area contributed by atoms with Crippen LogP contribution in [0.25, 0.3) is 17.1 Å². The third kappa shape index (κ3) is 2.24. The van der Waals surface area contributed by atoms with Crippen LogP contribution < -0.4 is 0 Å². The van der Waals surface area contributed by atoms with Crippen molar-refractivity contribution >= 4 is 29.5 Å². The number of aldehydes is 1. The average molecular weight is 307 g/mol. The van der Waals surface area contributed by atoms with E-state index in [2.05, 4.69) is 5.10 Å². The van der Waals surface area contributed by atoms with Gasteiger partial charge in [-0.1, -0.05) is 23.2 Å². The van der Waals surface area contributed by atoms with Crippen LogP contribution in [0, 0.1) is 0 Å². The molecule has 4 nitrogen and oxygen atoms in total. The van der Waals surface area contributed by atoms with Crippen molar-refractivity contribution in [1.82, 2.24) is 9.78 Å². The second-order valence-electron chi connectivity index (χ2n) is 4.07. The molecule has 0 saturated heterocycles. The van der Waals surface area contributed by atoms with E-state index in [1.54, 1.807) is 36.5 Å². The molecular formula is C14H8Cl2N2O2. The lowest BCUT2D eigenvalue weighted by molar-refractivity contribution is 0.112. The van der Waals surface area contributed by atoms with Gasteiger partial charge in [0.1, 0.15) is 5.69 Å². The Kier molecular flexibility index (Phi) is 3.34. The largest absolute Gasteiger partial charge is 0.463 e. The molecule has 0 spiro atoms. The molecule has 0 aliphatic heterocycles. The first kappa shape index (κ1) is 13.0. The number of carbonyl (C=O) groups is 1. The highest BCUT2D eigenvalue weighted by Crippen LogP contribution is 2.27. The normalized spacial score (nSPS) is 10.7. The van der Waals surface area contributed by atoms with Gasteiger partial charge in [0, 0.05) is 11.2 Å². The van der Waals surface area contributed by atoms with E-state index in [-0.39, 0.29) is 0 Å². The lowest BCUT2D eigenvalue weighted by atomic mass is 10.2. The van der Waals surface area contributed by atoms with E-state index in [0.29, 0.717) is 32.8 Å². The molecule has 3 aromatic rings. The molecule has 0 aliphatic carbocycles. The summed E-state index contributed by atoms with van der Waals surface area (Å²) in [4.78, 5) is 11.2. The van der Waals surface area contributed by atoms with Crippen LogP contribution in [0.4, 0.5) is 0 Å². The Labute approximate surface area is 124 Å². The molecule has 0 unspecified atom stereocenters. The minimum atomic E-state index is 0.422.